The molecule has 0 radical (unpaired) electrons. The number of esters is 1. The summed E-state index contributed by atoms with van der Waals surface area (Å²) in [6.45, 7) is 12.8. The summed E-state index contributed by atoms with van der Waals surface area (Å²) in [7, 11) is -1.90. The van der Waals surface area contributed by atoms with Gasteiger partial charge in [0.2, 0.25) is 0 Å². The minimum atomic E-state index is -1.90. The van der Waals surface area contributed by atoms with E-state index in [4.69, 9.17) is 9.16 Å². The van der Waals surface area contributed by atoms with Gasteiger partial charge < -0.3 is 14.3 Å². The molecule has 0 aliphatic heterocycles. The molecule has 6 heteroatoms. The summed E-state index contributed by atoms with van der Waals surface area (Å²) >= 11 is 3.14. The summed E-state index contributed by atoms with van der Waals surface area (Å²) < 4.78 is 10.7. The molecular weight excluding hydrogens is 316 g/mol. The summed E-state index contributed by atoms with van der Waals surface area (Å²) in [6.07, 6.45) is -0.891. The van der Waals surface area contributed by atoms with Crippen molar-refractivity contribution in [1.29, 1.82) is 0 Å². The first-order chi connectivity index (χ1) is 8.03. The van der Waals surface area contributed by atoms with Crippen LogP contribution in [0.1, 0.15) is 27.7 Å². The lowest BCUT2D eigenvalue weighted by Crippen LogP contribution is -2.44. The number of aliphatic hydroxyl groups is 1. The number of hydrogen-bond donors (Lipinski definition) is 1. The fourth-order valence-electron chi connectivity index (χ4n) is 0.974. The Morgan fingerprint density at radius 2 is 1.89 bits per heavy atom. The van der Waals surface area contributed by atoms with Crippen LogP contribution in [-0.4, -0.2) is 43.5 Å². The Balaban J connectivity index is 4.34. The summed E-state index contributed by atoms with van der Waals surface area (Å²) in [4.78, 5) is 10.7. The second-order valence-electron chi connectivity index (χ2n) is 5.79. The van der Waals surface area contributed by atoms with Crippen LogP contribution in [0.5, 0.6) is 0 Å². The van der Waals surface area contributed by atoms with Crippen LogP contribution in [0.4, 0.5) is 0 Å². The standard InChI is InChI=1S/C12H25BrO4Si/c1-7-16-11(15)10(13)9(14)8-17-18(5,6)12(2,3)4/h9-10,14H,7-8H2,1-6H3/t9-,10-/m0/s1. The Kier molecular flexibility index (Phi) is 7.06. The number of aliphatic hydroxyl groups excluding tert-OH is 1. The van der Waals surface area contributed by atoms with Crippen molar-refractivity contribution in [3.05, 3.63) is 0 Å². The van der Waals surface area contributed by atoms with E-state index >= 15 is 0 Å². The highest BCUT2D eigenvalue weighted by atomic mass is 79.9. The molecule has 108 valence electrons. The van der Waals surface area contributed by atoms with Crippen molar-refractivity contribution in [3.8, 4) is 0 Å². The van der Waals surface area contributed by atoms with Gasteiger partial charge in [0.15, 0.2) is 8.32 Å². The van der Waals surface area contributed by atoms with Crippen LogP contribution in [0, 0.1) is 0 Å². The van der Waals surface area contributed by atoms with Crippen LogP contribution in [0.2, 0.25) is 18.1 Å². The second kappa shape index (κ2) is 7.03. The zero-order valence-corrected chi connectivity index (χ0v) is 14.7. The van der Waals surface area contributed by atoms with E-state index in [0.717, 1.165) is 0 Å². The summed E-state index contributed by atoms with van der Waals surface area (Å²) in [5.74, 6) is -0.455. The lowest BCUT2D eigenvalue weighted by Gasteiger charge is -2.37. The van der Waals surface area contributed by atoms with E-state index in [2.05, 4.69) is 49.8 Å². The lowest BCUT2D eigenvalue weighted by atomic mass is 10.2. The molecule has 0 aromatic carbocycles. The molecule has 0 rings (SSSR count). The fraction of sp³-hybridized carbons (Fsp3) is 0.917. The van der Waals surface area contributed by atoms with Gasteiger partial charge in [0.05, 0.1) is 19.3 Å². The predicted molar refractivity (Wildman–Crippen MR) is 78.5 cm³/mol. The molecule has 0 saturated carbocycles. The zero-order valence-electron chi connectivity index (χ0n) is 12.1. The largest absolute Gasteiger partial charge is 0.465 e. The van der Waals surface area contributed by atoms with Crippen molar-refractivity contribution in [3.63, 3.8) is 0 Å². The molecule has 0 amide bonds. The maximum Gasteiger partial charge on any atom is 0.322 e. The lowest BCUT2D eigenvalue weighted by molar-refractivity contribution is -0.144. The highest BCUT2D eigenvalue weighted by Gasteiger charge is 2.38. The average Bonchev–Trinajstić information content (AvgIpc) is 2.23. The molecular formula is C12H25BrO4Si. The van der Waals surface area contributed by atoms with Crippen molar-refractivity contribution >= 4 is 30.2 Å². The highest BCUT2D eigenvalue weighted by molar-refractivity contribution is 9.10. The Labute approximate surface area is 119 Å². The molecule has 0 aliphatic carbocycles. The minimum absolute atomic E-state index is 0.0818. The quantitative estimate of drug-likeness (QED) is 0.458. The Morgan fingerprint density at radius 3 is 2.28 bits per heavy atom. The molecule has 0 fully saturated rings. The van der Waals surface area contributed by atoms with Crippen molar-refractivity contribution in [2.24, 2.45) is 0 Å². The Bertz CT molecular complexity index is 276. The monoisotopic (exact) mass is 340 g/mol. The SMILES string of the molecule is CCOC(=O)[C@@H](Br)[C@@H](O)CO[Si](C)(C)C(C)(C)C. The predicted octanol–water partition coefficient (Wildman–Crippen LogP) is 2.70. The number of carbonyl (C=O) groups is 1. The van der Waals surface area contributed by atoms with Crippen LogP contribution >= 0.6 is 15.9 Å². The average molecular weight is 341 g/mol. The number of alkyl halides is 1. The molecule has 1 N–H and O–H groups in total. The number of rotatable bonds is 6. The zero-order chi connectivity index (χ0) is 14.6. The van der Waals surface area contributed by atoms with Crippen molar-refractivity contribution < 1.29 is 19.1 Å². The molecule has 0 aromatic rings. The first kappa shape index (κ1) is 18.1. The van der Waals surface area contributed by atoms with Gasteiger partial charge in [-0.05, 0) is 25.1 Å². The van der Waals surface area contributed by atoms with E-state index in [9.17, 15) is 9.90 Å². The van der Waals surface area contributed by atoms with E-state index in [1.807, 2.05) is 0 Å². The summed E-state index contributed by atoms with van der Waals surface area (Å²) in [5.41, 5.74) is 0. The smallest absolute Gasteiger partial charge is 0.322 e. The van der Waals surface area contributed by atoms with E-state index in [-0.39, 0.29) is 11.6 Å². The van der Waals surface area contributed by atoms with Gasteiger partial charge >= 0.3 is 5.97 Å². The molecule has 0 heterocycles. The maximum absolute atomic E-state index is 11.4. The number of carbonyl (C=O) groups excluding carboxylic acids is 1. The molecule has 4 nitrogen and oxygen atoms in total. The normalized spacial score (nSPS) is 16.2. The van der Waals surface area contributed by atoms with Crippen molar-refractivity contribution in [1.82, 2.24) is 0 Å². The number of hydrogen-bond acceptors (Lipinski definition) is 4. The summed E-state index contributed by atoms with van der Waals surface area (Å²) in [5, 5.41) is 9.98. The van der Waals surface area contributed by atoms with Crippen molar-refractivity contribution in [2.45, 2.75) is 56.8 Å². The van der Waals surface area contributed by atoms with E-state index in [1.54, 1.807) is 6.92 Å². The third-order valence-corrected chi connectivity index (χ3v) is 8.76. The number of halogens is 1. The fourth-order valence-corrected chi connectivity index (χ4v) is 2.28. The first-order valence-corrected chi connectivity index (χ1v) is 9.98. The van der Waals surface area contributed by atoms with Gasteiger partial charge in [-0.2, -0.15) is 0 Å². The molecule has 0 saturated heterocycles. The topological polar surface area (TPSA) is 55.8 Å². The van der Waals surface area contributed by atoms with Crippen LogP contribution in [0.3, 0.4) is 0 Å². The third kappa shape index (κ3) is 5.38. The van der Waals surface area contributed by atoms with Gasteiger partial charge in [-0.1, -0.05) is 36.7 Å². The third-order valence-electron chi connectivity index (χ3n) is 3.27. The molecule has 2 atom stereocenters. The van der Waals surface area contributed by atoms with Crippen LogP contribution in [0.25, 0.3) is 0 Å². The van der Waals surface area contributed by atoms with E-state index in [0.29, 0.717) is 6.61 Å². The maximum atomic E-state index is 11.4. The molecule has 0 unspecified atom stereocenters. The first-order valence-electron chi connectivity index (χ1n) is 6.15. The second-order valence-corrected chi connectivity index (χ2v) is 11.6. The molecule has 0 bridgehead atoms. The summed E-state index contributed by atoms with van der Waals surface area (Å²) in [6, 6.07) is 0. The number of ether oxygens (including phenoxy) is 1. The molecule has 0 aromatic heterocycles. The van der Waals surface area contributed by atoms with Gasteiger partial charge in [-0.15, -0.1) is 0 Å². The minimum Gasteiger partial charge on any atom is -0.465 e. The Morgan fingerprint density at radius 1 is 1.39 bits per heavy atom. The van der Waals surface area contributed by atoms with Crippen LogP contribution in [-0.2, 0) is 14.0 Å². The molecule has 0 spiro atoms. The van der Waals surface area contributed by atoms with E-state index < -0.39 is 25.2 Å². The van der Waals surface area contributed by atoms with Gasteiger partial charge in [0.1, 0.15) is 4.83 Å². The highest BCUT2D eigenvalue weighted by Crippen LogP contribution is 2.36. The Hall–Kier alpha value is 0.0869. The van der Waals surface area contributed by atoms with Gasteiger partial charge in [-0.25, -0.2) is 0 Å². The molecule has 18 heavy (non-hydrogen) atoms. The van der Waals surface area contributed by atoms with E-state index in [1.165, 1.54) is 0 Å². The van der Waals surface area contributed by atoms with Crippen LogP contribution in [0.15, 0.2) is 0 Å². The van der Waals surface area contributed by atoms with Gasteiger partial charge in [-0.3, -0.25) is 4.79 Å². The van der Waals surface area contributed by atoms with Gasteiger partial charge in [0.25, 0.3) is 0 Å². The van der Waals surface area contributed by atoms with Gasteiger partial charge in [0, 0.05) is 0 Å². The van der Waals surface area contributed by atoms with Crippen LogP contribution < -0.4 is 0 Å². The van der Waals surface area contributed by atoms with Crippen molar-refractivity contribution in [2.75, 3.05) is 13.2 Å². The molecule has 0 aliphatic rings.